The quantitative estimate of drug-likeness (QED) is 0.158. The van der Waals surface area contributed by atoms with Gasteiger partial charge in [-0.3, -0.25) is 0 Å². The summed E-state index contributed by atoms with van der Waals surface area (Å²) in [6.45, 7) is 0. The zero-order chi connectivity index (χ0) is 37.7. The summed E-state index contributed by atoms with van der Waals surface area (Å²) in [4.78, 5) is 2.43. The highest BCUT2D eigenvalue weighted by molar-refractivity contribution is 6.26. The van der Waals surface area contributed by atoms with Crippen LogP contribution < -0.4 is 4.90 Å². The molecule has 0 saturated carbocycles. The second-order valence-electron chi connectivity index (χ2n) is 14.8. The Balaban J connectivity index is 1.14. The second-order valence-corrected chi connectivity index (χ2v) is 14.8. The third kappa shape index (κ3) is 5.55. The standard InChI is InChI=1S/C56H37N/c1-6-18-38(19-7-1)43-31-33-47(39-20-8-2-9-21-39)52(37-43)57(45-26-14-5-15-27-45)46-32-30-42-35-50-51(36-44(42)34-46)56-54(41-24-12-4-13-25-41)49-29-17-16-28-48(49)53(55(50)56)40-22-10-3-11-23-40/h1-37H. The molecule has 0 heterocycles. The molecule has 1 heteroatoms. The van der Waals surface area contributed by atoms with E-state index in [0.29, 0.717) is 0 Å². The molecule has 266 valence electrons. The Hall–Kier alpha value is -7.48. The van der Waals surface area contributed by atoms with Gasteiger partial charge in [-0.15, -0.1) is 0 Å². The zero-order valence-corrected chi connectivity index (χ0v) is 31.3. The van der Waals surface area contributed by atoms with Gasteiger partial charge in [-0.25, -0.2) is 0 Å². The molecule has 0 amide bonds. The van der Waals surface area contributed by atoms with Gasteiger partial charge >= 0.3 is 0 Å². The third-order valence-electron chi connectivity index (χ3n) is 11.5. The molecule has 0 N–H and O–H groups in total. The predicted molar refractivity (Wildman–Crippen MR) is 242 cm³/mol. The number of rotatable bonds is 7. The maximum atomic E-state index is 2.44. The maximum absolute atomic E-state index is 2.44. The van der Waals surface area contributed by atoms with Gasteiger partial charge in [-0.2, -0.15) is 0 Å². The number of nitrogens with zero attached hydrogens (tertiary/aromatic N) is 1. The van der Waals surface area contributed by atoms with E-state index in [1.807, 2.05) is 0 Å². The normalized spacial score (nSPS) is 11.5. The van der Waals surface area contributed by atoms with E-state index in [1.54, 1.807) is 0 Å². The highest BCUT2D eigenvalue weighted by atomic mass is 15.1. The molecule has 0 aromatic heterocycles. The van der Waals surface area contributed by atoms with Crippen LogP contribution in [0, 0.1) is 0 Å². The Kier molecular flexibility index (Phi) is 7.89. The van der Waals surface area contributed by atoms with Gasteiger partial charge < -0.3 is 4.90 Å². The third-order valence-corrected chi connectivity index (χ3v) is 11.5. The van der Waals surface area contributed by atoms with Crippen LogP contribution in [-0.4, -0.2) is 0 Å². The van der Waals surface area contributed by atoms with E-state index in [4.69, 9.17) is 0 Å². The lowest BCUT2D eigenvalue weighted by Crippen LogP contribution is -2.11. The van der Waals surface area contributed by atoms with Crippen LogP contribution in [0.25, 0.3) is 88.3 Å². The summed E-state index contributed by atoms with van der Waals surface area (Å²) in [7, 11) is 0. The van der Waals surface area contributed by atoms with Crippen molar-refractivity contribution < 1.29 is 0 Å². The van der Waals surface area contributed by atoms with Gasteiger partial charge in [0.1, 0.15) is 0 Å². The lowest BCUT2D eigenvalue weighted by Gasteiger charge is -2.33. The fourth-order valence-corrected chi connectivity index (χ4v) is 8.95. The van der Waals surface area contributed by atoms with Crippen LogP contribution in [0.2, 0.25) is 0 Å². The number of hydrogen-bond donors (Lipinski definition) is 0. The molecule has 0 fully saturated rings. The molecule has 0 radical (unpaired) electrons. The first-order valence-electron chi connectivity index (χ1n) is 19.7. The fraction of sp³-hybridized carbons (Fsp3) is 0. The summed E-state index contributed by atoms with van der Waals surface area (Å²) in [5, 5.41) is 5.01. The first-order valence-corrected chi connectivity index (χ1v) is 19.7. The average Bonchev–Trinajstić information content (AvgIpc) is 3.29. The average molecular weight is 724 g/mol. The SMILES string of the molecule is c1ccc(-c2ccc(-c3ccccc3)c(N(c3ccccc3)c3ccc4cc5c(cc4c3)-c3c-5c(-c4ccccc4)c4ccccc4c3-c3ccccc3)c2)cc1. The van der Waals surface area contributed by atoms with Gasteiger partial charge in [0.05, 0.1) is 5.69 Å². The van der Waals surface area contributed by atoms with Crippen molar-refractivity contribution in [3.63, 3.8) is 0 Å². The molecule has 0 atom stereocenters. The van der Waals surface area contributed by atoms with E-state index in [1.165, 1.54) is 88.3 Å². The summed E-state index contributed by atoms with van der Waals surface area (Å²) in [6.07, 6.45) is 0. The minimum absolute atomic E-state index is 1.11. The number of para-hydroxylation sites is 1. The van der Waals surface area contributed by atoms with Crippen molar-refractivity contribution in [3.8, 4) is 66.8 Å². The molecule has 0 saturated heterocycles. The molecule has 1 aliphatic rings. The van der Waals surface area contributed by atoms with E-state index >= 15 is 0 Å². The first kappa shape index (κ1) is 32.9. The monoisotopic (exact) mass is 723 g/mol. The Labute approximate surface area is 333 Å². The molecule has 57 heavy (non-hydrogen) atoms. The fourth-order valence-electron chi connectivity index (χ4n) is 8.95. The summed E-state index contributed by atoms with van der Waals surface area (Å²) >= 11 is 0. The maximum Gasteiger partial charge on any atom is 0.0546 e. The Morgan fingerprint density at radius 2 is 0.719 bits per heavy atom. The number of hydrogen-bond acceptors (Lipinski definition) is 1. The Morgan fingerprint density at radius 3 is 1.28 bits per heavy atom. The first-order chi connectivity index (χ1) is 28.3. The summed E-state index contributed by atoms with van der Waals surface area (Å²) in [6, 6.07) is 81.7. The molecule has 0 aliphatic heterocycles. The van der Waals surface area contributed by atoms with Gasteiger partial charge in [0.15, 0.2) is 0 Å². The Morgan fingerprint density at radius 1 is 0.246 bits per heavy atom. The Bertz CT molecular complexity index is 3080. The summed E-state index contributed by atoms with van der Waals surface area (Å²) in [5.74, 6) is 0. The van der Waals surface area contributed by atoms with Crippen LogP contribution >= 0.6 is 0 Å². The molecule has 0 bridgehead atoms. The summed E-state index contributed by atoms with van der Waals surface area (Å²) in [5.41, 5.74) is 18.5. The van der Waals surface area contributed by atoms with Crippen molar-refractivity contribution in [3.05, 3.63) is 224 Å². The van der Waals surface area contributed by atoms with Gasteiger partial charge in [0.25, 0.3) is 0 Å². The zero-order valence-electron chi connectivity index (χ0n) is 31.3. The predicted octanol–water partition coefficient (Wildman–Crippen LogP) is 15.8. The van der Waals surface area contributed by atoms with Crippen LogP contribution in [0.1, 0.15) is 0 Å². The number of fused-ring (bicyclic) bond motifs is 6. The lowest BCUT2D eigenvalue weighted by atomic mass is 9.70. The van der Waals surface area contributed by atoms with Crippen LogP contribution in [-0.2, 0) is 0 Å². The highest BCUT2D eigenvalue weighted by Crippen LogP contribution is 2.60. The van der Waals surface area contributed by atoms with Crippen molar-refractivity contribution in [1.82, 2.24) is 0 Å². The van der Waals surface area contributed by atoms with E-state index < -0.39 is 0 Å². The smallest absolute Gasteiger partial charge is 0.0546 e. The molecule has 11 rings (SSSR count). The molecule has 0 unspecified atom stereocenters. The van der Waals surface area contributed by atoms with Gasteiger partial charge in [0, 0.05) is 16.9 Å². The molecule has 10 aromatic rings. The molecule has 0 spiro atoms. The minimum Gasteiger partial charge on any atom is -0.310 e. The van der Waals surface area contributed by atoms with E-state index in [0.717, 1.165) is 17.1 Å². The van der Waals surface area contributed by atoms with E-state index in [2.05, 4.69) is 229 Å². The number of benzene rings is 10. The van der Waals surface area contributed by atoms with Crippen LogP contribution in [0.4, 0.5) is 17.1 Å². The van der Waals surface area contributed by atoms with Gasteiger partial charge in [0.2, 0.25) is 0 Å². The van der Waals surface area contributed by atoms with E-state index in [9.17, 15) is 0 Å². The van der Waals surface area contributed by atoms with Crippen molar-refractivity contribution >= 4 is 38.6 Å². The van der Waals surface area contributed by atoms with E-state index in [-0.39, 0.29) is 0 Å². The molecular weight excluding hydrogens is 687 g/mol. The minimum atomic E-state index is 1.11. The lowest BCUT2D eigenvalue weighted by molar-refractivity contribution is 1.29. The molecule has 1 nitrogen and oxygen atoms in total. The molecule has 10 aromatic carbocycles. The van der Waals surface area contributed by atoms with Gasteiger partial charge in [-0.05, 0) is 125 Å². The second kappa shape index (κ2) is 13.7. The van der Waals surface area contributed by atoms with Crippen LogP contribution in [0.3, 0.4) is 0 Å². The highest BCUT2D eigenvalue weighted by Gasteiger charge is 2.32. The molecule has 1 aliphatic carbocycles. The number of anilines is 3. The molecular formula is C56H37N. The largest absolute Gasteiger partial charge is 0.310 e. The van der Waals surface area contributed by atoms with Crippen molar-refractivity contribution in [2.24, 2.45) is 0 Å². The summed E-state index contributed by atoms with van der Waals surface area (Å²) < 4.78 is 0. The van der Waals surface area contributed by atoms with Crippen LogP contribution in [0.15, 0.2) is 224 Å². The topological polar surface area (TPSA) is 3.24 Å². The van der Waals surface area contributed by atoms with Crippen molar-refractivity contribution in [2.45, 2.75) is 0 Å². The van der Waals surface area contributed by atoms with Gasteiger partial charge in [-0.1, -0.05) is 182 Å². The van der Waals surface area contributed by atoms with Crippen molar-refractivity contribution in [2.75, 3.05) is 4.90 Å². The van der Waals surface area contributed by atoms with Crippen LogP contribution in [0.5, 0.6) is 0 Å². The van der Waals surface area contributed by atoms with Crippen molar-refractivity contribution in [1.29, 1.82) is 0 Å².